The van der Waals surface area contributed by atoms with E-state index in [1.807, 2.05) is 37.3 Å². The molecule has 0 aliphatic carbocycles. The number of fused-ring (bicyclic) bond motifs is 1. The Balaban J connectivity index is 1.77. The summed E-state index contributed by atoms with van der Waals surface area (Å²) in [5.41, 5.74) is 3.09. The monoisotopic (exact) mass is 487 g/mol. The highest BCUT2D eigenvalue weighted by molar-refractivity contribution is 7.22. The number of hydrogen-bond donors (Lipinski definition) is 2. The third-order valence-corrected chi connectivity index (χ3v) is 6.83. The van der Waals surface area contributed by atoms with Crippen molar-refractivity contribution in [2.24, 2.45) is 0 Å². The largest absolute Gasteiger partial charge is 0.495 e. The highest BCUT2D eigenvalue weighted by Crippen LogP contribution is 2.48. The maximum Gasteiger partial charge on any atom is 0.211 e. The molecule has 0 aliphatic heterocycles. The first-order valence-corrected chi connectivity index (χ1v) is 11.1. The normalized spacial score (nSPS) is 10.8. The van der Waals surface area contributed by atoms with Crippen LogP contribution in [0.15, 0.2) is 42.6 Å². The number of amides is 1. The summed E-state index contributed by atoms with van der Waals surface area (Å²) in [5.74, 6) is 1.61. The van der Waals surface area contributed by atoms with Crippen molar-refractivity contribution in [2.75, 3.05) is 24.9 Å². The molecule has 0 atom stereocenters. The molecule has 0 saturated heterocycles. The third kappa shape index (κ3) is 4.07. The second kappa shape index (κ2) is 9.24. The van der Waals surface area contributed by atoms with Crippen LogP contribution in [0.1, 0.15) is 5.56 Å². The van der Waals surface area contributed by atoms with Gasteiger partial charge < -0.3 is 20.1 Å². The molecule has 0 bridgehead atoms. The van der Waals surface area contributed by atoms with Crippen LogP contribution in [-0.4, -0.2) is 25.6 Å². The highest BCUT2D eigenvalue weighted by atomic mass is 35.5. The molecule has 9 heteroatoms. The number of nitrogens with zero attached hydrogens (tertiary/aromatic N) is 1. The number of benzene rings is 2. The van der Waals surface area contributed by atoms with E-state index in [-0.39, 0.29) is 0 Å². The molecule has 0 radical (unpaired) electrons. The number of hydrogen-bond acceptors (Lipinski definition) is 6. The van der Waals surface area contributed by atoms with Crippen LogP contribution in [0, 0.1) is 6.92 Å². The first kappa shape index (κ1) is 22.2. The highest BCUT2D eigenvalue weighted by Gasteiger charge is 2.20. The fraction of sp³-hybridized carbons (Fsp3) is 0.130. The van der Waals surface area contributed by atoms with Gasteiger partial charge in [0.1, 0.15) is 17.3 Å². The Morgan fingerprint density at radius 1 is 1.06 bits per heavy atom. The topological polar surface area (TPSA) is 72.5 Å². The first-order chi connectivity index (χ1) is 15.5. The van der Waals surface area contributed by atoms with Crippen molar-refractivity contribution < 1.29 is 14.3 Å². The lowest BCUT2D eigenvalue weighted by Gasteiger charge is -2.13. The standard InChI is InChI=1S/C23H19Cl2N3O3S/c1-12-5-4-6-14(27-11-29)23(12)28-19-9-17-13(10-26-19)7-18(32-17)20-21(24)15(30-2)8-16(31-3)22(20)25/h4-11H,1-3H3,(H,26,28)(H,27,29). The molecule has 0 unspecified atom stereocenters. The molecule has 2 aromatic heterocycles. The number of carbonyl (C=O) groups excluding carboxylic acids is 1. The number of aromatic nitrogens is 1. The van der Waals surface area contributed by atoms with Crippen molar-refractivity contribution in [2.45, 2.75) is 6.92 Å². The Labute approximate surface area is 199 Å². The van der Waals surface area contributed by atoms with Crippen LogP contribution in [0.25, 0.3) is 20.5 Å². The molecular weight excluding hydrogens is 469 g/mol. The molecule has 2 N–H and O–H groups in total. The maximum atomic E-state index is 11.0. The van der Waals surface area contributed by atoms with E-state index in [0.29, 0.717) is 45.0 Å². The number of nitrogens with one attached hydrogen (secondary N) is 2. The number of ether oxygens (including phenoxy) is 2. The summed E-state index contributed by atoms with van der Waals surface area (Å²) < 4.78 is 11.8. The van der Waals surface area contributed by atoms with Gasteiger partial charge in [-0.15, -0.1) is 11.3 Å². The molecule has 0 saturated carbocycles. The number of rotatable bonds is 7. The molecule has 4 aromatic rings. The molecule has 2 aromatic carbocycles. The van der Waals surface area contributed by atoms with Gasteiger partial charge in [0.2, 0.25) is 6.41 Å². The van der Waals surface area contributed by atoms with Gasteiger partial charge in [-0.25, -0.2) is 4.98 Å². The summed E-state index contributed by atoms with van der Waals surface area (Å²) >= 11 is 14.7. The predicted molar refractivity (Wildman–Crippen MR) is 132 cm³/mol. The van der Waals surface area contributed by atoms with Crippen molar-refractivity contribution in [3.63, 3.8) is 0 Å². The number of anilines is 3. The average molecular weight is 488 g/mol. The molecule has 164 valence electrons. The predicted octanol–water partition coefficient (Wildman–Crippen LogP) is 6.91. The first-order valence-electron chi connectivity index (χ1n) is 9.53. The minimum absolute atomic E-state index is 0.417. The van der Waals surface area contributed by atoms with E-state index in [9.17, 15) is 4.79 Å². The van der Waals surface area contributed by atoms with Crippen LogP contribution in [-0.2, 0) is 4.79 Å². The molecule has 0 aliphatic rings. The summed E-state index contributed by atoms with van der Waals surface area (Å²) in [6.45, 7) is 1.96. The van der Waals surface area contributed by atoms with E-state index in [2.05, 4.69) is 15.6 Å². The zero-order chi connectivity index (χ0) is 22.8. The van der Waals surface area contributed by atoms with E-state index in [0.717, 1.165) is 26.2 Å². The van der Waals surface area contributed by atoms with E-state index >= 15 is 0 Å². The lowest BCUT2D eigenvalue weighted by atomic mass is 10.1. The van der Waals surface area contributed by atoms with Crippen LogP contribution >= 0.6 is 34.5 Å². The van der Waals surface area contributed by atoms with Gasteiger partial charge in [0.25, 0.3) is 0 Å². The average Bonchev–Trinajstić information content (AvgIpc) is 3.19. The molecule has 2 heterocycles. The number of halogens is 2. The summed E-state index contributed by atoms with van der Waals surface area (Å²) in [7, 11) is 3.09. The fourth-order valence-electron chi connectivity index (χ4n) is 3.37. The zero-order valence-electron chi connectivity index (χ0n) is 17.5. The van der Waals surface area contributed by atoms with Crippen LogP contribution < -0.4 is 20.1 Å². The van der Waals surface area contributed by atoms with Gasteiger partial charge in [0.05, 0.1) is 35.6 Å². The Morgan fingerprint density at radius 3 is 2.44 bits per heavy atom. The van der Waals surface area contributed by atoms with Crippen LogP contribution in [0.2, 0.25) is 10.0 Å². The van der Waals surface area contributed by atoms with Gasteiger partial charge in [0, 0.05) is 32.8 Å². The Hall–Kier alpha value is -3.00. The number of pyridine rings is 1. The summed E-state index contributed by atoms with van der Waals surface area (Å²) in [4.78, 5) is 16.4. The number of carbonyl (C=O) groups is 1. The Kier molecular flexibility index (Phi) is 6.41. The summed E-state index contributed by atoms with van der Waals surface area (Å²) in [6.07, 6.45) is 2.43. The van der Waals surface area contributed by atoms with Crippen molar-refractivity contribution in [1.82, 2.24) is 4.98 Å². The van der Waals surface area contributed by atoms with E-state index in [4.69, 9.17) is 32.7 Å². The summed E-state index contributed by atoms with van der Waals surface area (Å²) in [6, 6.07) is 11.3. The molecule has 32 heavy (non-hydrogen) atoms. The molecule has 0 fully saturated rings. The minimum atomic E-state index is 0.417. The van der Waals surface area contributed by atoms with Crippen LogP contribution in [0.3, 0.4) is 0 Å². The lowest BCUT2D eigenvalue weighted by molar-refractivity contribution is -0.105. The molecule has 1 amide bonds. The zero-order valence-corrected chi connectivity index (χ0v) is 19.8. The second-order valence-electron chi connectivity index (χ2n) is 6.89. The van der Waals surface area contributed by atoms with E-state index < -0.39 is 0 Å². The Bertz CT molecular complexity index is 1300. The van der Waals surface area contributed by atoms with Crippen molar-refractivity contribution in [3.8, 4) is 21.9 Å². The molecule has 0 spiro atoms. The van der Waals surface area contributed by atoms with Crippen molar-refractivity contribution >= 4 is 68.2 Å². The quantitative estimate of drug-likeness (QED) is 0.277. The van der Waals surface area contributed by atoms with Crippen LogP contribution in [0.4, 0.5) is 17.2 Å². The second-order valence-corrected chi connectivity index (χ2v) is 8.73. The number of aryl methyl sites for hydroxylation is 1. The van der Waals surface area contributed by atoms with E-state index in [1.165, 1.54) is 11.3 Å². The molecule has 4 rings (SSSR count). The van der Waals surface area contributed by atoms with Crippen molar-refractivity contribution in [1.29, 1.82) is 0 Å². The van der Waals surface area contributed by atoms with Gasteiger partial charge >= 0.3 is 0 Å². The number of thiophene rings is 1. The number of para-hydroxylation sites is 1. The van der Waals surface area contributed by atoms with Crippen LogP contribution in [0.5, 0.6) is 11.5 Å². The van der Waals surface area contributed by atoms with Gasteiger partial charge in [-0.1, -0.05) is 35.3 Å². The molecule has 6 nitrogen and oxygen atoms in total. The van der Waals surface area contributed by atoms with Gasteiger partial charge in [-0.05, 0) is 30.7 Å². The van der Waals surface area contributed by atoms with Crippen molar-refractivity contribution in [3.05, 3.63) is 58.2 Å². The van der Waals surface area contributed by atoms with E-state index in [1.54, 1.807) is 26.5 Å². The smallest absolute Gasteiger partial charge is 0.211 e. The SMILES string of the molecule is COc1cc(OC)c(Cl)c(-c2cc3cnc(Nc4c(C)cccc4NC=O)cc3s2)c1Cl. The maximum absolute atomic E-state index is 11.0. The fourth-order valence-corrected chi connectivity index (χ4v) is 5.32. The molecular formula is C23H19Cl2N3O3S. The Morgan fingerprint density at radius 2 is 1.78 bits per heavy atom. The summed E-state index contributed by atoms with van der Waals surface area (Å²) in [5, 5.41) is 7.80. The third-order valence-electron chi connectivity index (χ3n) is 4.96. The lowest BCUT2D eigenvalue weighted by Crippen LogP contribution is -2.02. The minimum Gasteiger partial charge on any atom is -0.495 e. The van der Waals surface area contributed by atoms with Gasteiger partial charge in [-0.2, -0.15) is 0 Å². The number of methoxy groups -OCH3 is 2. The van der Waals surface area contributed by atoms with Gasteiger partial charge in [0.15, 0.2) is 0 Å². The van der Waals surface area contributed by atoms with Gasteiger partial charge in [-0.3, -0.25) is 4.79 Å².